The average molecular weight is 288 g/mol. The van der Waals surface area contributed by atoms with Crippen LogP contribution in [0.2, 0.25) is 0 Å². The Bertz CT molecular complexity index is 686. The zero-order valence-corrected chi connectivity index (χ0v) is 11.8. The lowest BCUT2D eigenvalue weighted by Gasteiger charge is -2.07. The summed E-state index contributed by atoms with van der Waals surface area (Å²) < 4.78 is 16.1. The molecule has 0 saturated carbocycles. The Labute approximate surface area is 120 Å². The normalized spacial score (nSPS) is 15.1. The highest BCUT2D eigenvalue weighted by Gasteiger charge is 2.32. The minimum Gasteiger partial charge on any atom is -0.496 e. The third kappa shape index (κ3) is 2.06. The number of methoxy groups -OCH3 is 2. The highest BCUT2D eigenvalue weighted by Crippen LogP contribution is 2.41. The highest BCUT2D eigenvalue weighted by atomic mass is 32.1. The van der Waals surface area contributed by atoms with Crippen LogP contribution in [0.4, 0.5) is 0 Å². The van der Waals surface area contributed by atoms with Gasteiger partial charge in [0.25, 0.3) is 0 Å². The number of thiophene rings is 1. The molecule has 0 saturated heterocycles. The van der Waals surface area contributed by atoms with Crippen molar-refractivity contribution in [3.05, 3.63) is 45.8 Å². The first-order valence-corrected chi connectivity index (χ1v) is 6.84. The Morgan fingerprint density at radius 1 is 1.25 bits per heavy atom. The van der Waals surface area contributed by atoms with Crippen molar-refractivity contribution in [2.75, 3.05) is 14.2 Å². The molecule has 0 spiro atoms. The second kappa shape index (κ2) is 5.02. The number of hydrogen-bond donors (Lipinski definition) is 0. The molecule has 0 bridgehead atoms. The molecule has 0 atom stereocenters. The van der Waals surface area contributed by atoms with E-state index in [1.165, 1.54) is 7.11 Å². The summed E-state index contributed by atoms with van der Waals surface area (Å²) >= 11 is 1.54. The summed E-state index contributed by atoms with van der Waals surface area (Å²) in [6.07, 6.45) is 1.74. The second-order valence-corrected chi connectivity index (χ2v) is 5.14. The number of Topliss-reactive ketones (excluding diaryl/α,β-unsaturated/α-hetero) is 1. The van der Waals surface area contributed by atoms with Gasteiger partial charge in [-0.15, -0.1) is 11.3 Å². The number of benzene rings is 1. The summed E-state index contributed by atoms with van der Waals surface area (Å²) in [5.41, 5.74) is 0.441. The third-order valence-electron chi connectivity index (χ3n) is 2.98. The van der Waals surface area contributed by atoms with Crippen molar-refractivity contribution >= 4 is 23.2 Å². The summed E-state index contributed by atoms with van der Waals surface area (Å²) in [7, 11) is 3.07. The van der Waals surface area contributed by atoms with Gasteiger partial charge in [0.2, 0.25) is 5.78 Å². The van der Waals surface area contributed by atoms with Crippen LogP contribution in [0, 0.1) is 0 Å². The molecule has 0 radical (unpaired) electrons. The van der Waals surface area contributed by atoms with Crippen LogP contribution in [0.3, 0.4) is 0 Å². The van der Waals surface area contributed by atoms with Gasteiger partial charge < -0.3 is 14.2 Å². The average Bonchev–Trinajstić information content (AvgIpc) is 3.07. The number of rotatable bonds is 3. The summed E-state index contributed by atoms with van der Waals surface area (Å²) in [6.45, 7) is 0. The van der Waals surface area contributed by atoms with E-state index in [0.29, 0.717) is 28.6 Å². The van der Waals surface area contributed by atoms with Crippen LogP contribution >= 0.6 is 11.3 Å². The van der Waals surface area contributed by atoms with Crippen molar-refractivity contribution in [2.45, 2.75) is 0 Å². The molecule has 0 aliphatic carbocycles. The Morgan fingerprint density at radius 3 is 2.75 bits per heavy atom. The van der Waals surface area contributed by atoms with Crippen molar-refractivity contribution in [3.8, 4) is 17.2 Å². The van der Waals surface area contributed by atoms with Gasteiger partial charge in [-0.05, 0) is 11.4 Å². The van der Waals surface area contributed by atoms with E-state index in [9.17, 15) is 4.79 Å². The molecule has 1 aliphatic heterocycles. The van der Waals surface area contributed by atoms with Crippen LogP contribution in [0.1, 0.15) is 15.2 Å². The molecule has 1 aromatic carbocycles. The van der Waals surface area contributed by atoms with Gasteiger partial charge in [0.15, 0.2) is 5.76 Å². The maximum Gasteiger partial charge on any atom is 0.235 e. The number of ether oxygens (including phenoxy) is 3. The fourth-order valence-electron chi connectivity index (χ4n) is 2.03. The largest absolute Gasteiger partial charge is 0.496 e. The molecule has 20 heavy (non-hydrogen) atoms. The molecule has 102 valence electrons. The summed E-state index contributed by atoms with van der Waals surface area (Å²) in [6, 6.07) is 7.21. The molecule has 5 heteroatoms. The summed E-state index contributed by atoms with van der Waals surface area (Å²) in [4.78, 5) is 13.4. The lowest BCUT2D eigenvalue weighted by atomic mass is 10.1. The molecular weight excluding hydrogens is 276 g/mol. The fraction of sp³-hybridized carbons (Fsp3) is 0.133. The molecule has 3 rings (SSSR count). The third-order valence-corrected chi connectivity index (χ3v) is 3.80. The van der Waals surface area contributed by atoms with Crippen LogP contribution in [0.5, 0.6) is 17.2 Å². The Balaban J connectivity index is 2.06. The first-order chi connectivity index (χ1) is 9.72. The Morgan fingerprint density at radius 2 is 2.10 bits per heavy atom. The first kappa shape index (κ1) is 12.7. The summed E-state index contributed by atoms with van der Waals surface area (Å²) in [5.74, 6) is 1.64. The topological polar surface area (TPSA) is 44.8 Å². The van der Waals surface area contributed by atoms with E-state index >= 15 is 0 Å². The maximum atomic E-state index is 12.4. The highest BCUT2D eigenvalue weighted by molar-refractivity contribution is 7.10. The van der Waals surface area contributed by atoms with E-state index in [1.54, 1.807) is 36.7 Å². The molecular formula is C15H12O4S. The van der Waals surface area contributed by atoms with E-state index in [-0.39, 0.29) is 5.78 Å². The standard InChI is InChI=1S/C15H12O4S/c1-17-9-6-11(18-2)14-12(7-9)19-13(15(14)16)8-10-4-3-5-20-10/h3-8H,1-2H3/b13-8-. The first-order valence-electron chi connectivity index (χ1n) is 5.96. The monoisotopic (exact) mass is 288 g/mol. The number of ketones is 1. The zero-order chi connectivity index (χ0) is 14.1. The molecule has 2 heterocycles. The van der Waals surface area contributed by atoms with Crippen molar-refractivity contribution in [3.63, 3.8) is 0 Å². The SMILES string of the molecule is COc1cc(OC)c2c(c1)O/C(=C\c1cccs1)C2=O. The van der Waals surface area contributed by atoms with Crippen molar-refractivity contribution in [2.24, 2.45) is 0 Å². The van der Waals surface area contributed by atoms with E-state index in [4.69, 9.17) is 14.2 Å². The van der Waals surface area contributed by atoms with E-state index < -0.39 is 0 Å². The lowest BCUT2D eigenvalue weighted by molar-refractivity contribution is 0.101. The second-order valence-electron chi connectivity index (χ2n) is 4.16. The molecule has 0 amide bonds. The van der Waals surface area contributed by atoms with Crippen LogP contribution in [0.25, 0.3) is 6.08 Å². The van der Waals surface area contributed by atoms with Gasteiger partial charge in [0.1, 0.15) is 22.8 Å². The minimum absolute atomic E-state index is 0.173. The smallest absolute Gasteiger partial charge is 0.235 e. The van der Waals surface area contributed by atoms with Crippen molar-refractivity contribution in [1.29, 1.82) is 0 Å². The van der Waals surface area contributed by atoms with Crippen LogP contribution < -0.4 is 14.2 Å². The van der Waals surface area contributed by atoms with E-state index in [2.05, 4.69) is 0 Å². The van der Waals surface area contributed by atoms with Gasteiger partial charge in [0, 0.05) is 23.1 Å². The molecule has 1 aromatic heterocycles. The quantitative estimate of drug-likeness (QED) is 0.812. The van der Waals surface area contributed by atoms with E-state index in [1.807, 2.05) is 17.5 Å². The van der Waals surface area contributed by atoms with Gasteiger partial charge in [-0.1, -0.05) is 6.07 Å². The number of hydrogen-bond acceptors (Lipinski definition) is 5. The number of carbonyl (C=O) groups is 1. The number of carbonyl (C=O) groups excluding carboxylic acids is 1. The van der Waals surface area contributed by atoms with Gasteiger partial charge in [-0.25, -0.2) is 0 Å². The number of allylic oxidation sites excluding steroid dienone is 1. The van der Waals surface area contributed by atoms with Gasteiger partial charge in [-0.2, -0.15) is 0 Å². The van der Waals surface area contributed by atoms with Gasteiger partial charge in [-0.3, -0.25) is 4.79 Å². The molecule has 0 unspecified atom stereocenters. The van der Waals surface area contributed by atoms with Crippen molar-refractivity contribution in [1.82, 2.24) is 0 Å². The fourth-order valence-corrected chi connectivity index (χ4v) is 2.68. The lowest BCUT2D eigenvalue weighted by Crippen LogP contribution is -1.99. The molecule has 0 fully saturated rings. The van der Waals surface area contributed by atoms with Crippen molar-refractivity contribution < 1.29 is 19.0 Å². The molecule has 1 aliphatic rings. The maximum absolute atomic E-state index is 12.4. The van der Waals surface area contributed by atoms with Crippen LogP contribution in [-0.4, -0.2) is 20.0 Å². The molecule has 0 N–H and O–H groups in total. The number of fused-ring (bicyclic) bond motifs is 1. The van der Waals surface area contributed by atoms with Gasteiger partial charge >= 0.3 is 0 Å². The Hall–Kier alpha value is -2.27. The Kier molecular flexibility index (Phi) is 3.20. The predicted molar refractivity (Wildman–Crippen MR) is 76.8 cm³/mol. The zero-order valence-electron chi connectivity index (χ0n) is 11.0. The predicted octanol–water partition coefficient (Wildman–Crippen LogP) is 3.38. The molecule has 4 nitrogen and oxygen atoms in total. The molecule has 2 aromatic rings. The summed E-state index contributed by atoms with van der Waals surface area (Å²) in [5, 5.41) is 1.95. The van der Waals surface area contributed by atoms with Gasteiger partial charge in [0.05, 0.1) is 14.2 Å². The van der Waals surface area contributed by atoms with E-state index in [0.717, 1.165) is 4.88 Å². The van der Waals surface area contributed by atoms with Crippen LogP contribution in [-0.2, 0) is 0 Å². The van der Waals surface area contributed by atoms with Crippen LogP contribution in [0.15, 0.2) is 35.4 Å². The minimum atomic E-state index is -0.173.